The molecule has 36 heavy (non-hydrogen) atoms. The zero-order valence-corrected chi connectivity index (χ0v) is 23.7. The molecule has 3 heteroatoms. The summed E-state index contributed by atoms with van der Waals surface area (Å²) in [6.07, 6.45) is 1.86. The number of hydrogen-bond donors (Lipinski definition) is 0. The Morgan fingerprint density at radius 1 is 0.667 bits per heavy atom. The van der Waals surface area contributed by atoms with Crippen LogP contribution in [0, 0.1) is 0 Å². The van der Waals surface area contributed by atoms with Gasteiger partial charge in [-0.1, -0.05) is 12.1 Å². The van der Waals surface area contributed by atoms with Gasteiger partial charge in [-0.2, -0.15) is 0 Å². The van der Waals surface area contributed by atoms with Crippen LogP contribution in [-0.2, 0) is 0 Å². The van der Waals surface area contributed by atoms with Crippen molar-refractivity contribution in [1.29, 1.82) is 0 Å². The van der Waals surface area contributed by atoms with Crippen molar-refractivity contribution in [2.45, 2.75) is 23.2 Å². The van der Waals surface area contributed by atoms with Crippen molar-refractivity contribution < 1.29 is 1.37 Å². The van der Waals surface area contributed by atoms with Gasteiger partial charge < -0.3 is 0 Å². The summed E-state index contributed by atoms with van der Waals surface area (Å²) in [5, 5.41) is 2.64. The van der Waals surface area contributed by atoms with Crippen molar-refractivity contribution in [3.05, 3.63) is 132 Å². The Bertz CT molecular complexity index is 1680. The van der Waals surface area contributed by atoms with Gasteiger partial charge in [0.05, 0.1) is 0 Å². The topological polar surface area (TPSA) is 12.9 Å². The van der Waals surface area contributed by atoms with Gasteiger partial charge in [0.1, 0.15) is 0 Å². The number of aromatic nitrogens is 1. The number of hydrogen-bond acceptors (Lipinski definition) is 2. The molecule has 2 heterocycles. The molecular formula is C33H29GeNS. The molecule has 4 aromatic carbocycles. The van der Waals surface area contributed by atoms with Gasteiger partial charge >= 0.3 is 210 Å². The van der Waals surface area contributed by atoms with Crippen molar-refractivity contribution >= 4 is 49.2 Å². The summed E-state index contributed by atoms with van der Waals surface area (Å²) < 4.78 is 14.1. The molecule has 0 spiro atoms. The van der Waals surface area contributed by atoms with Crippen LogP contribution in [0.1, 0.15) is 24.0 Å². The van der Waals surface area contributed by atoms with Gasteiger partial charge in [0.15, 0.2) is 0 Å². The van der Waals surface area contributed by atoms with E-state index in [-0.39, 0.29) is 0 Å². The summed E-state index contributed by atoms with van der Waals surface area (Å²) in [6.45, 7) is 0. The van der Waals surface area contributed by atoms with Crippen LogP contribution in [0.5, 0.6) is 0 Å². The molecule has 0 radical (unpaired) electrons. The van der Waals surface area contributed by atoms with E-state index in [4.69, 9.17) is 4.98 Å². The predicted octanol–water partition coefficient (Wildman–Crippen LogP) is 8.84. The van der Waals surface area contributed by atoms with Crippen LogP contribution in [0.2, 0.25) is 17.3 Å². The summed E-state index contributed by atoms with van der Waals surface area (Å²) in [4.78, 5) is 4.84. The quantitative estimate of drug-likeness (QED) is 0.197. The minimum atomic E-state index is -2.04. The normalized spacial score (nSPS) is 12.7. The van der Waals surface area contributed by atoms with Crippen molar-refractivity contribution in [2.24, 2.45) is 0 Å². The van der Waals surface area contributed by atoms with E-state index in [2.05, 4.69) is 59.7 Å². The molecule has 176 valence electrons. The first kappa shape index (κ1) is 22.0. The second-order valence-corrected chi connectivity index (χ2v) is 21.8. The zero-order valence-electron chi connectivity index (χ0n) is 21.8. The summed E-state index contributed by atoms with van der Waals surface area (Å²) >= 11 is -0.140. The van der Waals surface area contributed by atoms with Crippen LogP contribution >= 0.6 is 11.3 Å². The van der Waals surface area contributed by atoms with Gasteiger partial charge in [-0.05, 0) is 0 Å². The first-order valence-electron chi connectivity index (χ1n) is 12.9. The molecule has 0 aliphatic rings. The van der Waals surface area contributed by atoms with Gasteiger partial charge in [-0.3, -0.25) is 0 Å². The average molecular weight is 545 g/mol. The van der Waals surface area contributed by atoms with E-state index in [9.17, 15) is 1.37 Å². The van der Waals surface area contributed by atoms with Crippen LogP contribution in [-0.4, -0.2) is 18.3 Å². The van der Waals surface area contributed by atoms with Crippen molar-refractivity contribution in [1.82, 2.24) is 4.98 Å². The molecule has 0 atom stereocenters. The fourth-order valence-corrected chi connectivity index (χ4v) is 11.2. The van der Waals surface area contributed by atoms with Crippen LogP contribution in [0.3, 0.4) is 0 Å². The number of fused-ring (bicyclic) bond motifs is 3. The van der Waals surface area contributed by atoms with Crippen LogP contribution in [0.25, 0.3) is 31.4 Å². The van der Waals surface area contributed by atoms with E-state index in [1.807, 2.05) is 84.3 Å². The van der Waals surface area contributed by atoms with Gasteiger partial charge in [-0.15, -0.1) is 0 Å². The molecule has 0 unspecified atom stereocenters. The maximum atomic E-state index is 9.83. The minimum absolute atomic E-state index is 0.914. The predicted molar refractivity (Wildman–Crippen MR) is 159 cm³/mol. The number of rotatable bonds is 5. The Hall–Kier alpha value is -3.21. The fraction of sp³-hybridized carbons (Fsp3) is 0.121. The monoisotopic (exact) mass is 546 g/mol. The molecule has 0 fully saturated rings. The first-order valence-corrected chi connectivity index (χ1v) is 20.6. The summed E-state index contributed by atoms with van der Waals surface area (Å²) in [7, 11) is 0. The molecule has 0 aliphatic carbocycles. The molecule has 0 saturated heterocycles. The molecule has 1 nitrogen and oxygen atoms in total. The number of benzene rings is 4. The molecule has 0 aliphatic heterocycles. The SMILES string of the molecule is [2H]C(c1ccccc1)(c1ccccc1)c1ccnc(-c2cccc3c2sc2[c]([Ge]([CH3])([CH3])[CH3])cccc23)c1. The summed E-state index contributed by atoms with van der Waals surface area (Å²) in [5.74, 6) is 6.35. The molecule has 0 bridgehead atoms. The van der Waals surface area contributed by atoms with E-state index in [0.29, 0.717) is 0 Å². The molecule has 0 N–H and O–H groups in total. The molecular weight excluding hydrogens is 515 g/mol. The second-order valence-electron chi connectivity index (χ2n) is 10.3. The Labute approximate surface area is 221 Å². The van der Waals surface area contributed by atoms with Crippen molar-refractivity contribution in [3.8, 4) is 11.3 Å². The third kappa shape index (κ3) is 4.19. The van der Waals surface area contributed by atoms with E-state index >= 15 is 0 Å². The molecule has 0 amide bonds. The Balaban J connectivity index is 1.57. The average Bonchev–Trinajstić information content (AvgIpc) is 3.32. The van der Waals surface area contributed by atoms with Gasteiger partial charge in [0, 0.05) is 0 Å². The van der Waals surface area contributed by atoms with Gasteiger partial charge in [-0.25, -0.2) is 0 Å². The zero-order chi connectivity index (χ0) is 25.6. The second kappa shape index (κ2) is 9.35. The third-order valence-electron chi connectivity index (χ3n) is 6.78. The van der Waals surface area contributed by atoms with Crippen LogP contribution < -0.4 is 4.40 Å². The Kier molecular flexibility index (Phi) is 5.72. The van der Waals surface area contributed by atoms with E-state index < -0.39 is 19.2 Å². The number of thiophene rings is 1. The van der Waals surface area contributed by atoms with Crippen molar-refractivity contribution in [2.75, 3.05) is 0 Å². The standard InChI is InChI=1S/C33H29GeNS/c1-34(2,3)29-19-11-17-27-26-16-10-18-28(32(26)36-33(27)29)30-22-25(20-21-35-30)31(23-12-6-4-7-13-23)24-14-8-5-9-15-24/h4-22,31H,1-3H3/i31D. The number of nitrogens with zero attached hydrogens (tertiary/aromatic N) is 1. The Morgan fingerprint density at radius 3 is 1.92 bits per heavy atom. The molecule has 0 saturated carbocycles. The van der Waals surface area contributed by atoms with Crippen LogP contribution in [0.4, 0.5) is 0 Å². The molecule has 6 aromatic rings. The molecule has 2 aromatic heterocycles. The van der Waals surface area contributed by atoms with Crippen LogP contribution in [0.15, 0.2) is 115 Å². The van der Waals surface area contributed by atoms with E-state index in [1.54, 1.807) is 4.40 Å². The Morgan fingerprint density at radius 2 is 1.28 bits per heavy atom. The fourth-order valence-electron chi connectivity index (χ4n) is 5.06. The molecule has 6 rings (SSSR count). The van der Waals surface area contributed by atoms with E-state index in [1.165, 1.54) is 20.2 Å². The van der Waals surface area contributed by atoms with E-state index in [0.717, 1.165) is 27.9 Å². The van der Waals surface area contributed by atoms with Gasteiger partial charge in [0.25, 0.3) is 0 Å². The third-order valence-corrected chi connectivity index (χ3v) is 12.7. The summed E-state index contributed by atoms with van der Waals surface area (Å²) in [5.41, 5.74) is 4.85. The first-order chi connectivity index (χ1) is 17.9. The number of pyridine rings is 1. The maximum absolute atomic E-state index is 9.83. The van der Waals surface area contributed by atoms with Gasteiger partial charge in [0.2, 0.25) is 0 Å². The summed E-state index contributed by atoms with van der Waals surface area (Å²) in [6, 6.07) is 37.8. The van der Waals surface area contributed by atoms with Crippen molar-refractivity contribution in [3.63, 3.8) is 0 Å².